The predicted octanol–water partition coefficient (Wildman–Crippen LogP) is 3.75. The summed E-state index contributed by atoms with van der Waals surface area (Å²) in [6.07, 6.45) is -0.653. The van der Waals surface area contributed by atoms with E-state index in [1.54, 1.807) is 12.1 Å². The molecule has 1 aliphatic heterocycles. The standard InChI is InChI=1S/C16H15NO5/c1-16(2,3)13-7-6-12(21-13)14-10-5-4-9(17(19)20)8-11(10)15(18)22-14/h4-8,14H,1-3H3. The molecule has 0 spiro atoms. The van der Waals surface area contributed by atoms with Crippen molar-refractivity contribution in [3.05, 3.63) is 63.1 Å². The van der Waals surface area contributed by atoms with Crippen LogP contribution >= 0.6 is 0 Å². The van der Waals surface area contributed by atoms with Crippen molar-refractivity contribution in [3.63, 3.8) is 0 Å². The Balaban J connectivity index is 2.01. The molecule has 6 heteroatoms. The van der Waals surface area contributed by atoms with Crippen LogP contribution in [-0.2, 0) is 10.2 Å². The molecule has 0 bridgehead atoms. The second-order valence-electron chi connectivity index (χ2n) is 6.27. The van der Waals surface area contributed by atoms with Gasteiger partial charge in [-0.15, -0.1) is 0 Å². The highest BCUT2D eigenvalue weighted by molar-refractivity contribution is 5.95. The zero-order chi connectivity index (χ0) is 16.1. The van der Waals surface area contributed by atoms with Crippen LogP contribution in [0.15, 0.2) is 34.7 Å². The van der Waals surface area contributed by atoms with E-state index in [2.05, 4.69) is 0 Å². The van der Waals surface area contributed by atoms with Crippen molar-refractivity contribution in [2.75, 3.05) is 0 Å². The largest absolute Gasteiger partial charge is 0.461 e. The van der Waals surface area contributed by atoms with Gasteiger partial charge in [0, 0.05) is 23.1 Å². The van der Waals surface area contributed by atoms with Gasteiger partial charge in [-0.05, 0) is 18.2 Å². The highest BCUT2D eigenvalue weighted by Crippen LogP contribution is 2.39. The van der Waals surface area contributed by atoms with Gasteiger partial charge in [0.2, 0.25) is 0 Å². The number of esters is 1. The summed E-state index contributed by atoms with van der Waals surface area (Å²) in [6, 6.07) is 7.77. The van der Waals surface area contributed by atoms with Crippen LogP contribution in [0.2, 0.25) is 0 Å². The number of nitro benzene ring substituents is 1. The molecule has 0 saturated heterocycles. The molecular weight excluding hydrogens is 286 g/mol. The lowest BCUT2D eigenvalue weighted by atomic mass is 9.94. The van der Waals surface area contributed by atoms with Gasteiger partial charge >= 0.3 is 5.97 Å². The minimum absolute atomic E-state index is 0.133. The molecule has 1 aliphatic rings. The molecule has 6 nitrogen and oxygen atoms in total. The first-order valence-electron chi connectivity index (χ1n) is 6.87. The average molecular weight is 301 g/mol. The van der Waals surface area contributed by atoms with Gasteiger partial charge in [0.1, 0.15) is 11.5 Å². The molecule has 0 N–H and O–H groups in total. The van der Waals surface area contributed by atoms with Crippen LogP contribution in [-0.4, -0.2) is 10.9 Å². The lowest BCUT2D eigenvalue weighted by Gasteiger charge is -2.15. The number of rotatable bonds is 2. The first-order valence-corrected chi connectivity index (χ1v) is 6.87. The molecule has 2 aromatic rings. The molecule has 22 heavy (non-hydrogen) atoms. The van der Waals surface area contributed by atoms with Crippen molar-refractivity contribution in [1.29, 1.82) is 0 Å². The molecule has 1 unspecified atom stereocenters. The van der Waals surface area contributed by atoms with Crippen LogP contribution in [0.25, 0.3) is 0 Å². The molecule has 1 atom stereocenters. The number of benzene rings is 1. The normalized spacial score (nSPS) is 17.2. The van der Waals surface area contributed by atoms with Gasteiger partial charge in [-0.1, -0.05) is 20.8 Å². The van der Waals surface area contributed by atoms with Gasteiger partial charge in [-0.25, -0.2) is 4.79 Å². The molecule has 0 fully saturated rings. The van der Waals surface area contributed by atoms with E-state index in [1.165, 1.54) is 12.1 Å². The Labute approximate surface area is 126 Å². The fourth-order valence-electron chi connectivity index (χ4n) is 2.41. The SMILES string of the molecule is CC(C)(C)c1ccc(C2OC(=O)c3cc([N+](=O)[O-])ccc32)o1. The zero-order valence-corrected chi connectivity index (χ0v) is 12.5. The summed E-state index contributed by atoms with van der Waals surface area (Å²) >= 11 is 0. The lowest BCUT2D eigenvalue weighted by Crippen LogP contribution is -2.09. The van der Waals surface area contributed by atoms with E-state index in [0.29, 0.717) is 11.3 Å². The number of hydrogen-bond acceptors (Lipinski definition) is 5. The molecule has 114 valence electrons. The average Bonchev–Trinajstić information content (AvgIpc) is 3.03. The third kappa shape index (κ3) is 2.26. The summed E-state index contributed by atoms with van der Waals surface area (Å²) in [5.41, 5.74) is 0.517. The van der Waals surface area contributed by atoms with Crippen LogP contribution in [0.4, 0.5) is 5.69 Å². The Bertz CT molecular complexity index is 769. The van der Waals surface area contributed by atoms with Gasteiger partial charge in [-0.3, -0.25) is 10.1 Å². The zero-order valence-electron chi connectivity index (χ0n) is 12.5. The van der Waals surface area contributed by atoms with Gasteiger partial charge in [-0.2, -0.15) is 0 Å². The number of hydrogen-bond donors (Lipinski definition) is 0. The van der Waals surface area contributed by atoms with E-state index < -0.39 is 17.0 Å². The van der Waals surface area contributed by atoms with Crippen LogP contribution in [0.5, 0.6) is 0 Å². The number of ether oxygens (including phenoxy) is 1. The number of fused-ring (bicyclic) bond motifs is 1. The predicted molar refractivity (Wildman–Crippen MR) is 77.8 cm³/mol. The van der Waals surface area contributed by atoms with Crippen molar-refractivity contribution < 1.29 is 18.9 Å². The van der Waals surface area contributed by atoms with E-state index in [4.69, 9.17) is 9.15 Å². The molecule has 1 aromatic heterocycles. The number of non-ortho nitro benzene ring substituents is 1. The molecule has 0 aliphatic carbocycles. The van der Waals surface area contributed by atoms with Crippen molar-refractivity contribution in [2.45, 2.75) is 32.3 Å². The third-order valence-corrected chi connectivity index (χ3v) is 3.60. The Morgan fingerprint density at radius 2 is 1.91 bits per heavy atom. The smallest absolute Gasteiger partial charge is 0.339 e. The van der Waals surface area contributed by atoms with Crippen molar-refractivity contribution in [1.82, 2.24) is 0 Å². The fourth-order valence-corrected chi connectivity index (χ4v) is 2.41. The lowest BCUT2D eigenvalue weighted by molar-refractivity contribution is -0.384. The van der Waals surface area contributed by atoms with Gasteiger partial charge in [0.05, 0.1) is 10.5 Å². The topological polar surface area (TPSA) is 82.6 Å². The summed E-state index contributed by atoms with van der Waals surface area (Å²) in [5, 5.41) is 10.8. The molecular formula is C16H15NO5. The Morgan fingerprint density at radius 3 is 2.50 bits per heavy atom. The molecule has 1 aromatic carbocycles. The highest BCUT2D eigenvalue weighted by Gasteiger charge is 2.36. The summed E-state index contributed by atoms with van der Waals surface area (Å²) in [7, 11) is 0. The maximum atomic E-state index is 11.9. The maximum Gasteiger partial charge on any atom is 0.339 e. The molecule has 0 saturated carbocycles. The number of cyclic esters (lactones) is 1. The van der Waals surface area contributed by atoms with Gasteiger partial charge < -0.3 is 9.15 Å². The minimum atomic E-state index is -0.653. The van der Waals surface area contributed by atoms with Crippen molar-refractivity contribution in [3.8, 4) is 0 Å². The first-order chi connectivity index (χ1) is 10.3. The minimum Gasteiger partial charge on any atom is -0.461 e. The highest BCUT2D eigenvalue weighted by atomic mass is 16.6. The number of nitrogens with zero attached hydrogens (tertiary/aromatic N) is 1. The summed E-state index contributed by atoms with van der Waals surface area (Å²) < 4.78 is 11.1. The van der Waals surface area contributed by atoms with Crippen LogP contribution in [0.3, 0.4) is 0 Å². The first kappa shape index (κ1) is 14.3. The van der Waals surface area contributed by atoms with E-state index in [-0.39, 0.29) is 16.7 Å². The third-order valence-electron chi connectivity index (χ3n) is 3.60. The van der Waals surface area contributed by atoms with Crippen molar-refractivity contribution in [2.24, 2.45) is 0 Å². The van der Waals surface area contributed by atoms with E-state index in [9.17, 15) is 14.9 Å². The van der Waals surface area contributed by atoms with E-state index in [0.717, 1.165) is 5.76 Å². The maximum absolute atomic E-state index is 11.9. The van der Waals surface area contributed by atoms with Gasteiger partial charge in [0.25, 0.3) is 5.69 Å². The number of furan rings is 1. The fraction of sp³-hybridized carbons (Fsp3) is 0.312. The van der Waals surface area contributed by atoms with Crippen LogP contribution in [0, 0.1) is 10.1 Å². The van der Waals surface area contributed by atoms with Crippen LogP contribution < -0.4 is 0 Å². The quantitative estimate of drug-likeness (QED) is 0.479. The summed E-state index contributed by atoms with van der Waals surface area (Å²) in [5.74, 6) is 0.734. The Morgan fingerprint density at radius 1 is 1.18 bits per heavy atom. The van der Waals surface area contributed by atoms with Crippen LogP contribution in [0.1, 0.15) is 54.3 Å². The number of nitro groups is 1. The second kappa shape index (κ2) is 4.69. The monoisotopic (exact) mass is 301 g/mol. The molecule has 0 amide bonds. The van der Waals surface area contributed by atoms with E-state index in [1.807, 2.05) is 26.8 Å². The van der Waals surface area contributed by atoms with Crippen molar-refractivity contribution >= 4 is 11.7 Å². The molecule has 0 radical (unpaired) electrons. The number of carbonyl (C=O) groups is 1. The molecule has 2 heterocycles. The second-order valence-corrected chi connectivity index (χ2v) is 6.27. The summed E-state index contributed by atoms with van der Waals surface area (Å²) in [6.45, 7) is 6.06. The molecule has 3 rings (SSSR count). The Hall–Kier alpha value is -2.63. The summed E-state index contributed by atoms with van der Waals surface area (Å²) in [4.78, 5) is 22.2. The van der Waals surface area contributed by atoms with E-state index >= 15 is 0 Å². The number of carbonyl (C=O) groups excluding carboxylic acids is 1. The van der Waals surface area contributed by atoms with Gasteiger partial charge in [0.15, 0.2) is 6.10 Å². The Kier molecular flexibility index (Phi) is 3.05.